The van der Waals surface area contributed by atoms with Gasteiger partial charge in [0.2, 0.25) is 0 Å². The summed E-state index contributed by atoms with van der Waals surface area (Å²) in [5.41, 5.74) is 10.7. The fourth-order valence-electron chi connectivity index (χ4n) is 3.20. The Labute approximate surface area is 153 Å². The molecule has 128 valence electrons. The first-order chi connectivity index (χ1) is 13.3. The molecule has 0 aliphatic rings. The molecule has 4 aromatic heterocycles. The second kappa shape index (κ2) is 5.64. The van der Waals surface area contributed by atoms with Gasteiger partial charge in [-0.25, -0.2) is 19.5 Å². The number of nitrogen functional groups attached to an aromatic ring is 1. The van der Waals surface area contributed by atoms with E-state index in [1.54, 1.807) is 16.8 Å². The highest BCUT2D eigenvalue weighted by atomic mass is 15.3. The lowest BCUT2D eigenvalue weighted by Crippen LogP contribution is -2.06. The summed E-state index contributed by atoms with van der Waals surface area (Å²) in [6.45, 7) is 0. The van der Waals surface area contributed by atoms with Gasteiger partial charge >= 0.3 is 0 Å². The van der Waals surface area contributed by atoms with Crippen molar-refractivity contribution in [2.75, 3.05) is 5.73 Å². The molecule has 27 heavy (non-hydrogen) atoms. The number of hydrogen-bond donors (Lipinski definition) is 1. The van der Waals surface area contributed by atoms with Crippen LogP contribution < -0.4 is 5.73 Å². The van der Waals surface area contributed by atoms with Crippen LogP contribution in [0.5, 0.6) is 0 Å². The predicted molar refractivity (Wildman–Crippen MR) is 99.5 cm³/mol. The van der Waals surface area contributed by atoms with Crippen LogP contribution in [0.2, 0.25) is 0 Å². The molecule has 0 saturated carbocycles. The van der Waals surface area contributed by atoms with Gasteiger partial charge in [-0.2, -0.15) is 10.4 Å². The second-order valence-corrected chi connectivity index (χ2v) is 5.96. The topological polar surface area (TPSA) is 110 Å². The summed E-state index contributed by atoms with van der Waals surface area (Å²) >= 11 is 0. The number of nitriles is 1. The minimum absolute atomic E-state index is 0.253. The van der Waals surface area contributed by atoms with Crippen molar-refractivity contribution in [3.8, 4) is 28.6 Å². The van der Waals surface area contributed by atoms with Gasteiger partial charge in [-0.05, 0) is 18.2 Å². The Bertz CT molecular complexity index is 1360. The third-order valence-electron chi connectivity index (χ3n) is 4.41. The fraction of sp³-hybridized carbons (Fsp3) is 0. The lowest BCUT2D eigenvalue weighted by molar-refractivity contribution is 0.957. The molecule has 0 aliphatic carbocycles. The lowest BCUT2D eigenvalue weighted by atomic mass is 10.0. The molecule has 5 rings (SSSR count). The molecule has 4 heterocycles. The van der Waals surface area contributed by atoms with Crippen LogP contribution in [0.15, 0.2) is 61.3 Å². The Kier molecular flexibility index (Phi) is 3.14. The van der Waals surface area contributed by atoms with Crippen LogP contribution in [0.1, 0.15) is 5.56 Å². The minimum Gasteiger partial charge on any atom is -0.381 e. The van der Waals surface area contributed by atoms with Crippen LogP contribution >= 0.6 is 0 Å². The number of nitrogens with two attached hydrogens (primary N) is 1. The van der Waals surface area contributed by atoms with E-state index in [9.17, 15) is 5.26 Å². The first-order valence-corrected chi connectivity index (χ1v) is 8.18. The summed E-state index contributed by atoms with van der Waals surface area (Å²) in [5.74, 6) is 0.253. The molecule has 0 amide bonds. The maximum atomic E-state index is 9.54. The van der Waals surface area contributed by atoms with E-state index >= 15 is 0 Å². The van der Waals surface area contributed by atoms with Gasteiger partial charge in [-0.1, -0.05) is 18.2 Å². The zero-order valence-electron chi connectivity index (χ0n) is 14.0. The summed E-state index contributed by atoms with van der Waals surface area (Å²) in [7, 11) is 0. The normalized spacial score (nSPS) is 11.1. The molecule has 5 aromatic rings. The van der Waals surface area contributed by atoms with Gasteiger partial charge < -0.3 is 10.1 Å². The Morgan fingerprint density at radius 2 is 1.96 bits per heavy atom. The average molecular weight is 352 g/mol. The molecule has 8 heteroatoms. The van der Waals surface area contributed by atoms with Crippen molar-refractivity contribution >= 4 is 17.1 Å². The quantitative estimate of drug-likeness (QED) is 0.523. The summed E-state index contributed by atoms with van der Waals surface area (Å²) in [6, 6.07) is 13.3. The highest BCUT2D eigenvalue weighted by molar-refractivity contribution is 5.84. The maximum absolute atomic E-state index is 9.54. The molecule has 1 aromatic carbocycles. The van der Waals surface area contributed by atoms with E-state index in [0.29, 0.717) is 28.2 Å². The predicted octanol–water partition coefficient (Wildman–Crippen LogP) is 2.56. The molecular weight excluding hydrogens is 340 g/mol. The van der Waals surface area contributed by atoms with Gasteiger partial charge in [-0.3, -0.25) is 0 Å². The average Bonchev–Trinajstić information content (AvgIpc) is 3.37. The number of nitrogens with zero attached hydrogens (tertiary/aromatic N) is 7. The molecule has 2 N–H and O–H groups in total. The molecule has 0 unspecified atom stereocenters. The van der Waals surface area contributed by atoms with E-state index in [1.165, 1.54) is 6.33 Å². The Balaban J connectivity index is 1.91. The molecule has 0 bridgehead atoms. The van der Waals surface area contributed by atoms with Crippen molar-refractivity contribution in [2.24, 2.45) is 0 Å². The van der Waals surface area contributed by atoms with Crippen molar-refractivity contribution < 1.29 is 0 Å². The molecule has 0 saturated heterocycles. The van der Waals surface area contributed by atoms with Gasteiger partial charge in [-0.15, -0.1) is 0 Å². The highest BCUT2D eigenvalue weighted by Gasteiger charge is 2.20. The number of pyridine rings is 1. The SMILES string of the molecule is N#Cc1ccccc1-c1nc(N)c2ncnn2c1-c1ccc2nccn2c1. The Morgan fingerprint density at radius 1 is 1.07 bits per heavy atom. The number of hydrogen-bond acceptors (Lipinski definition) is 6. The molecular formula is C19H12N8. The lowest BCUT2D eigenvalue weighted by Gasteiger charge is -2.13. The molecule has 0 atom stereocenters. The smallest absolute Gasteiger partial charge is 0.198 e. The number of anilines is 1. The van der Waals surface area contributed by atoms with Crippen molar-refractivity contribution in [3.05, 3.63) is 66.9 Å². The number of benzene rings is 1. The van der Waals surface area contributed by atoms with Crippen LogP contribution in [0, 0.1) is 11.3 Å². The molecule has 8 nitrogen and oxygen atoms in total. The summed E-state index contributed by atoms with van der Waals surface area (Å²) < 4.78 is 3.57. The second-order valence-electron chi connectivity index (χ2n) is 5.96. The molecule has 0 spiro atoms. The van der Waals surface area contributed by atoms with E-state index < -0.39 is 0 Å². The van der Waals surface area contributed by atoms with Gasteiger partial charge in [0, 0.05) is 29.7 Å². The largest absolute Gasteiger partial charge is 0.381 e. The van der Waals surface area contributed by atoms with Crippen LogP contribution in [0.3, 0.4) is 0 Å². The van der Waals surface area contributed by atoms with Gasteiger partial charge in [0.15, 0.2) is 11.5 Å². The van der Waals surface area contributed by atoms with Crippen molar-refractivity contribution in [2.45, 2.75) is 0 Å². The third-order valence-corrected chi connectivity index (χ3v) is 4.41. The maximum Gasteiger partial charge on any atom is 0.198 e. The zero-order valence-corrected chi connectivity index (χ0v) is 14.0. The molecule has 0 aliphatic heterocycles. The first-order valence-electron chi connectivity index (χ1n) is 8.18. The number of imidazole rings is 1. The van der Waals surface area contributed by atoms with Gasteiger partial charge in [0.1, 0.15) is 23.4 Å². The van der Waals surface area contributed by atoms with E-state index in [2.05, 4.69) is 26.1 Å². The number of aromatic nitrogens is 6. The fourth-order valence-corrected chi connectivity index (χ4v) is 3.20. The van der Waals surface area contributed by atoms with Crippen molar-refractivity contribution in [1.82, 2.24) is 29.0 Å². The Morgan fingerprint density at radius 3 is 2.85 bits per heavy atom. The van der Waals surface area contributed by atoms with E-state index in [4.69, 9.17) is 5.73 Å². The standard InChI is InChI=1S/C19H12N8/c20-9-12-3-1-2-4-14(12)16-17(27-19(18(21)25-16)23-11-24-27)13-5-6-15-22-7-8-26(15)10-13/h1-8,10-11H,(H2,21,25). The van der Waals surface area contributed by atoms with Crippen LogP contribution in [0.4, 0.5) is 5.82 Å². The zero-order chi connectivity index (χ0) is 18.4. The van der Waals surface area contributed by atoms with E-state index in [1.807, 2.05) is 47.1 Å². The summed E-state index contributed by atoms with van der Waals surface area (Å²) in [6.07, 6.45) is 6.98. The monoisotopic (exact) mass is 352 g/mol. The Hall–Kier alpha value is -4.25. The van der Waals surface area contributed by atoms with Crippen LogP contribution in [-0.4, -0.2) is 29.0 Å². The summed E-state index contributed by atoms with van der Waals surface area (Å²) in [5, 5.41) is 13.9. The van der Waals surface area contributed by atoms with E-state index in [0.717, 1.165) is 11.2 Å². The van der Waals surface area contributed by atoms with Gasteiger partial charge in [0.25, 0.3) is 0 Å². The molecule has 0 radical (unpaired) electrons. The minimum atomic E-state index is 0.253. The number of rotatable bonds is 2. The molecule has 0 fully saturated rings. The first kappa shape index (κ1) is 15.0. The van der Waals surface area contributed by atoms with Gasteiger partial charge in [0.05, 0.1) is 11.6 Å². The summed E-state index contributed by atoms with van der Waals surface area (Å²) in [4.78, 5) is 13.1. The van der Waals surface area contributed by atoms with Crippen molar-refractivity contribution in [1.29, 1.82) is 5.26 Å². The van der Waals surface area contributed by atoms with Crippen LogP contribution in [0.25, 0.3) is 33.8 Å². The highest BCUT2D eigenvalue weighted by Crippen LogP contribution is 2.34. The van der Waals surface area contributed by atoms with Crippen molar-refractivity contribution in [3.63, 3.8) is 0 Å². The van der Waals surface area contributed by atoms with E-state index in [-0.39, 0.29) is 5.82 Å². The van der Waals surface area contributed by atoms with Crippen LogP contribution in [-0.2, 0) is 0 Å². The number of fused-ring (bicyclic) bond motifs is 2. The third kappa shape index (κ3) is 2.22.